The number of rotatable bonds is 19. The number of carbonyl (C=O) groups is 1. The van der Waals surface area contributed by atoms with Crippen molar-refractivity contribution in [1.29, 1.82) is 0 Å². The number of hydrogen-bond donors (Lipinski definition) is 4. The van der Waals surface area contributed by atoms with E-state index in [0.717, 1.165) is 12.8 Å². The van der Waals surface area contributed by atoms with Crippen LogP contribution in [0.3, 0.4) is 0 Å². The van der Waals surface area contributed by atoms with Crippen LogP contribution in [0.25, 0.3) is 0 Å². The standard InChI is InChI=1S/C18H34O2.C4H11NO2/c1-2-3-4-5-6-7-8-9-10-11-12-13-14-15-16-17-18(19)20;6-3-1-5-2-4-7/h9-10H,2-8,11-17H2,1H3,(H,19,20);5-7H,1-4H2/b10-9-;. The molecule has 0 rings (SSSR count). The van der Waals surface area contributed by atoms with Gasteiger partial charge >= 0.3 is 5.97 Å². The fraction of sp³-hybridized carbons (Fsp3) is 0.864. The first-order valence-corrected chi connectivity index (χ1v) is 11.0. The van der Waals surface area contributed by atoms with Gasteiger partial charge in [0.25, 0.3) is 0 Å². The molecule has 5 heteroatoms. The largest absolute Gasteiger partial charge is 0.481 e. The Morgan fingerprint density at radius 3 is 1.63 bits per heavy atom. The minimum Gasteiger partial charge on any atom is -0.481 e. The highest BCUT2D eigenvalue weighted by Gasteiger charge is 1.95. The van der Waals surface area contributed by atoms with Crippen molar-refractivity contribution in [2.45, 2.75) is 96.8 Å². The van der Waals surface area contributed by atoms with Gasteiger partial charge in [0.2, 0.25) is 0 Å². The number of unbranched alkanes of at least 4 members (excludes halogenated alkanes) is 11. The highest BCUT2D eigenvalue weighted by Crippen LogP contribution is 2.09. The molecule has 4 N–H and O–H groups in total. The predicted molar refractivity (Wildman–Crippen MR) is 114 cm³/mol. The van der Waals surface area contributed by atoms with Crippen LogP contribution < -0.4 is 5.32 Å². The maximum Gasteiger partial charge on any atom is 0.303 e. The molecule has 0 bridgehead atoms. The zero-order valence-electron chi connectivity index (χ0n) is 17.6. The highest BCUT2D eigenvalue weighted by atomic mass is 16.4. The van der Waals surface area contributed by atoms with E-state index >= 15 is 0 Å². The Morgan fingerprint density at radius 2 is 1.19 bits per heavy atom. The normalized spacial score (nSPS) is 10.8. The molecular weight excluding hydrogens is 342 g/mol. The minimum atomic E-state index is -0.664. The summed E-state index contributed by atoms with van der Waals surface area (Å²) in [6.07, 6.45) is 21.2. The van der Waals surface area contributed by atoms with Crippen LogP contribution in [0.15, 0.2) is 12.2 Å². The van der Waals surface area contributed by atoms with Crippen LogP contribution in [0, 0.1) is 0 Å². The first-order valence-electron chi connectivity index (χ1n) is 11.0. The van der Waals surface area contributed by atoms with Crippen LogP contribution in [0.2, 0.25) is 0 Å². The summed E-state index contributed by atoms with van der Waals surface area (Å²) in [5.41, 5.74) is 0. The molecule has 0 aromatic rings. The van der Waals surface area contributed by atoms with Gasteiger partial charge in [-0.2, -0.15) is 0 Å². The van der Waals surface area contributed by atoms with Crippen molar-refractivity contribution in [3.63, 3.8) is 0 Å². The number of aliphatic hydroxyl groups is 2. The number of aliphatic hydroxyl groups excluding tert-OH is 2. The zero-order valence-corrected chi connectivity index (χ0v) is 17.6. The summed E-state index contributed by atoms with van der Waals surface area (Å²) in [6.45, 7) is 3.68. The number of carboxylic acid groups (broad SMARTS) is 1. The molecule has 0 saturated heterocycles. The monoisotopic (exact) mass is 387 g/mol. The number of carboxylic acids is 1. The summed E-state index contributed by atoms with van der Waals surface area (Å²) < 4.78 is 0. The van der Waals surface area contributed by atoms with Gasteiger partial charge in [-0.15, -0.1) is 0 Å². The second-order valence-electron chi connectivity index (χ2n) is 6.93. The SMILES string of the molecule is CCCCCCCC/C=C\CCCCCCCC(=O)O.OCCNCCO. The van der Waals surface area contributed by atoms with E-state index < -0.39 is 5.97 Å². The topological polar surface area (TPSA) is 89.8 Å². The molecule has 0 aliphatic rings. The lowest BCUT2D eigenvalue weighted by Crippen LogP contribution is -2.21. The van der Waals surface area contributed by atoms with Crippen molar-refractivity contribution in [2.75, 3.05) is 26.3 Å². The summed E-state index contributed by atoms with van der Waals surface area (Å²) in [7, 11) is 0. The Morgan fingerprint density at radius 1 is 0.741 bits per heavy atom. The fourth-order valence-corrected chi connectivity index (χ4v) is 2.63. The van der Waals surface area contributed by atoms with Crippen molar-refractivity contribution in [1.82, 2.24) is 5.32 Å². The third-order valence-corrected chi connectivity index (χ3v) is 4.23. The molecule has 0 spiro atoms. The summed E-state index contributed by atoms with van der Waals surface area (Å²) in [4.78, 5) is 10.3. The van der Waals surface area contributed by atoms with Gasteiger partial charge in [-0.3, -0.25) is 4.79 Å². The second kappa shape index (κ2) is 27.3. The van der Waals surface area contributed by atoms with Gasteiger partial charge in [-0.25, -0.2) is 0 Å². The summed E-state index contributed by atoms with van der Waals surface area (Å²) in [5, 5.41) is 27.6. The Balaban J connectivity index is 0. The summed E-state index contributed by atoms with van der Waals surface area (Å²) >= 11 is 0. The van der Waals surface area contributed by atoms with Crippen molar-refractivity contribution < 1.29 is 20.1 Å². The van der Waals surface area contributed by atoms with Gasteiger partial charge in [0.1, 0.15) is 0 Å². The predicted octanol–water partition coefficient (Wildman–Crippen LogP) is 4.67. The van der Waals surface area contributed by atoms with Crippen LogP contribution in [0.5, 0.6) is 0 Å². The molecule has 0 aliphatic carbocycles. The molecule has 27 heavy (non-hydrogen) atoms. The lowest BCUT2D eigenvalue weighted by molar-refractivity contribution is -0.137. The lowest BCUT2D eigenvalue weighted by atomic mass is 10.1. The van der Waals surface area contributed by atoms with Crippen molar-refractivity contribution >= 4 is 5.97 Å². The van der Waals surface area contributed by atoms with Crippen LogP contribution in [0.4, 0.5) is 0 Å². The molecule has 0 heterocycles. The Bertz CT molecular complexity index is 305. The van der Waals surface area contributed by atoms with E-state index in [9.17, 15) is 4.79 Å². The smallest absolute Gasteiger partial charge is 0.303 e. The molecule has 0 atom stereocenters. The van der Waals surface area contributed by atoms with E-state index in [2.05, 4.69) is 24.4 Å². The third-order valence-electron chi connectivity index (χ3n) is 4.23. The molecule has 0 saturated carbocycles. The molecule has 5 nitrogen and oxygen atoms in total. The van der Waals surface area contributed by atoms with Crippen molar-refractivity contribution in [3.8, 4) is 0 Å². The summed E-state index contributed by atoms with van der Waals surface area (Å²) in [5.74, 6) is -0.664. The molecule has 0 fully saturated rings. The number of allylic oxidation sites excluding steroid dienone is 2. The molecule has 0 aromatic carbocycles. The van der Waals surface area contributed by atoms with Gasteiger partial charge < -0.3 is 20.6 Å². The molecule has 0 radical (unpaired) electrons. The third kappa shape index (κ3) is 33.1. The first kappa shape index (κ1) is 28.3. The van der Waals surface area contributed by atoms with Gasteiger partial charge in [0.15, 0.2) is 0 Å². The molecular formula is C22H45NO4. The van der Waals surface area contributed by atoms with E-state index in [1.54, 1.807) is 0 Å². The number of nitrogens with one attached hydrogen (secondary N) is 1. The molecule has 0 aliphatic heterocycles. The zero-order chi connectivity index (χ0) is 20.4. The first-order chi connectivity index (χ1) is 13.2. The van der Waals surface area contributed by atoms with Crippen LogP contribution in [0.1, 0.15) is 96.8 Å². The minimum absolute atomic E-state index is 0.139. The van der Waals surface area contributed by atoms with E-state index in [1.165, 1.54) is 70.6 Å². The van der Waals surface area contributed by atoms with E-state index in [4.69, 9.17) is 15.3 Å². The highest BCUT2D eigenvalue weighted by molar-refractivity contribution is 5.66. The maximum atomic E-state index is 10.3. The van der Waals surface area contributed by atoms with Gasteiger partial charge in [-0.05, 0) is 32.1 Å². The quantitative estimate of drug-likeness (QED) is 0.191. The lowest BCUT2D eigenvalue weighted by Gasteiger charge is -1.99. The second-order valence-corrected chi connectivity index (χ2v) is 6.93. The van der Waals surface area contributed by atoms with Gasteiger partial charge in [0, 0.05) is 19.5 Å². The summed E-state index contributed by atoms with van der Waals surface area (Å²) in [6, 6.07) is 0. The van der Waals surface area contributed by atoms with Crippen LogP contribution in [-0.2, 0) is 4.79 Å². The average molecular weight is 388 g/mol. The Labute approximate surface area is 167 Å². The van der Waals surface area contributed by atoms with E-state index in [1.807, 2.05) is 0 Å². The fourth-order valence-electron chi connectivity index (χ4n) is 2.63. The number of aliphatic carboxylic acids is 1. The van der Waals surface area contributed by atoms with Crippen LogP contribution in [-0.4, -0.2) is 47.6 Å². The number of hydrogen-bond acceptors (Lipinski definition) is 4. The molecule has 162 valence electrons. The molecule has 0 amide bonds. The van der Waals surface area contributed by atoms with Gasteiger partial charge in [0.05, 0.1) is 13.2 Å². The van der Waals surface area contributed by atoms with E-state index in [-0.39, 0.29) is 13.2 Å². The molecule has 0 aromatic heterocycles. The average Bonchev–Trinajstić information content (AvgIpc) is 2.65. The maximum absolute atomic E-state index is 10.3. The van der Waals surface area contributed by atoms with Crippen LogP contribution >= 0.6 is 0 Å². The Hall–Kier alpha value is -0.910. The molecule has 0 unspecified atom stereocenters. The van der Waals surface area contributed by atoms with E-state index in [0.29, 0.717) is 19.5 Å². The van der Waals surface area contributed by atoms with Crippen molar-refractivity contribution in [3.05, 3.63) is 12.2 Å². The van der Waals surface area contributed by atoms with Crippen molar-refractivity contribution in [2.24, 2.45) is 0 Å². The van der Waals surface area contributed by atoms with Gasteiger partial charge in [-0.1, -0.05) is 70.4 Å². The Kier molecular flexibility index (Phi) is 28.6.